The molecule has 0 atom stereocenters. The van der Waals surface area contributed by atoms with Gasteiger partial charge in [-0.15, -0.1) is 0 Å². The lowest BCUT2D eigenvalue weighted by Gasteiger charge is -2.04. The Morgan fingerprint density at radius 2 is 2.05 bits per heavy atom. The van der Waals surface area contributed by atoms with Gasteiger partial charge in [0.25, 0.3) is 11.5 Å². The predicted octanol–water partition coefficient (Wildman–Crippen LogP) is 0.881. The minimum absolute atomic E-state index is 0.152. The van der Waals surface area contributed by atoms with Crippen LogP contribution in [-0.2, 0) is 6.42 Å². The van der Waals surface area contributed by atoms with Gasteiger partial charge in [-0.05, 0) is 24.1 Å². The van der Waals surface area contributed by atoms with E-state index in [0.29, 0.717) is 13.0 Å². The van der Waals surface area contributed by atoms with Gasteiger partial charge in [0, 0.05) is 12.7 Å². The molecule has 0 bridgehead atoms. The first-order valence-electron chi connectivity index (χ1n) is 5.72. The van der Waals surface area contributed by atoms with E-state index in [1.54, 1.807) is 12.1 Å². The molecular weight excluding hydrogens is 249 g/mol. The van der Waals surface area contributed by atoms with Crippen molar-refractivity contribution in [3.05, 3.63) is 64.1 Å². The van der Waals surface area contributed by atoms with Crippen molar-refractivity contribution in [2.24, 2.45) is 0 Å². The molecule has 6 heteroatoms. The van der Waals surface area contributed by atoms with Crippen molar-refractivity contribution in [2.75, 3.05) is 6.54 Å². The lowest BCUT2D eigenvalue weighted by molar-refractivity contribution is 0.0948. The fourth-order valence-electron chi connectivity index (χ4n) is 1.53. The highest BCUT2D eigenvalue weighted by Gasteiger charge is 2.06. The number of nitrogens with one attached hydrogen (secondary N) is 2. The van der Waals surface area contributed by atoms with Crippen molar-refractivity contribution in [2.45, 2.75) is 6.42 Å². The lowest BCUT2D eigenvalue weighted by Crippen LogP contribution is -2.27. The number of aromatic amines is 1. The zero-order valence-corrected chi connectivity index (χ0v) is 10.0. The van der Waals surface area contributed by atoms with Crippen LogP contribution in [0.3, 0.4) is 0 Å². The van der Waals surface area contributed by atoms with Crippen LogP contribution in [0.5, 0.6) is 0 Å². The van der Waals surface area contributed by atoms with E-state index in [-0.39, 0.29) is 23.0 Å². The number of nitrogens with zero attached hydrogens (tertiary/aromatic N) is 1. The van der Waals surface area contributed by atoms with Gasteiger partial charge in [0.15, 0.2) is 0 Å². The number of H-pyrrole nitrogens is 1. The van der Waals surface area contributed by atoms with Crippen LogP contribution in [0.2, 0.25) is 0 Å². The minimum Gasteiger partial charge on any atom is -0.350 e. The molecule has 0 aliphatic rings. The number of benzene rings is 1. The van der Waals surface area contributed by atoms with Gasteiger partial charge < -0.3 is 10.3 Å². The molecule has 0 aliphatic carbocycles. The number of hydrogen-bond donors (Lipinski definition) is 2. The van der Waals surface area contributed by atoms with Crippen molar-refractivity contribution in [3.8, 4) is 0 Å². The topological polar surface area (TPSA) is 74.8 Å². The monoisotopic (exact) mass is 261 g/mol. The van der Waals surface area contributed by atoms with Gasteiger partial charge in [-0.25, -0.2) is 9.37 Å². The molecule has 1 amide bonds. The van der Waals surface area contributed by atoms with E-state index in [0.717, 1.165) is 11.8 Å². The van der Waals surface area contributed by atoms with Crippen LogP contribution in [-0.4, -0.2) is 22.4 Å². The number of carbonyl (C=O) groups excluding carboxylic acids is 1. The van der Waals surface area contributed by atoms with Crippen LogP contribution < -0.4 is 10.9 Å². The smallest absolute Gasteiger partial charge is 0.271 e. The molecule has 5 nitrogen and oxygen atoms in total. The molecule has 2 aromatic rings. The second kappa shape index (κ2) is 5.90. The summed E-state index contributed by atoms with van der Waals surface area (Å²) < 4.78 is 12.7. The first kappa shape index (κ1) is 12.9. The maximum atomic E-state index is 12.7. The number of halogens is 1. The summed E-state index contributed by atoms with van der Waals surface area (Å²) in [5.74, 6) is -0.649. The minimum atomic E-state index is -0.363. The molecule has 0 radical (unpaired) electrons. The highest BCUT2D eigenvalue weighted by molar-refractivity contribution is 5.91. The summed E-state index contributed by atoms with van der Waals surface area (Å²) in [5.41, 5.74) is 0.720. The van der Waals surface area contributed by atoms with Gasteiger partial charge in [0.05, 0.1) is 6.20 Å². The first-order valence-corrected chi connectivity index (χ1v) is 5.72. The highest BCUT2D eigenvalue weighted by Crippen LogP contribution is 2.02. The fraction of sp³-hybridized carbons (Fsp3) is 0.154. The quantitative estimate of drug-likeness (QED) is 0.858. The summed E-state index contributed by atoms with van der Waals surface area (Å²) in [4.78, 5) is 28.5. The van der Waals surface area contributed by atoms with Crippen LogP contribution in [0.4, 0.5) is 4.39 Å². The molecule has 2 rings (SSSR count). The Balaban J connectivity index is 1.85. The lowest BCUT2D eigenvalue weighted by atomic mass is 10.1. The number of amides is 1. The van der Waals surface area contributed by atoms with Crippen molar-refractivity contribution >= 4 is 5.91 Å². The SMILES string of the molecule is O=C(NCCc1ccc(F)cc1)c1c[nH]c(=O)cn1. The van der Waals surface area contributed by atoms with Crippen LogP contribution in [0.25, 0.3) is 0 Å². The maximum Gasteiger partial charge on any atom is 0.271 e. The average molecular weight is 261 g/mol. The molecular formula is C13H12FN3O2. The zero-order chi connectivity index (χ0) is 13.7. The van der Waals surface area contributed by atoms with Gasteiger partial charge in [0.1, 0.15) is 11.5 Å². The summed E-state index contributed by atoms with van der Waals surface area (Å²) in [6, 6.07) is 6.08. The molecule has 98 valence electrons. The zero-order valence-electron chi connectivity index (χ0n) is 10.0. The van der Waals surface area contributed by atoms with Crippen LogP contribution >= 0.6 is 0 Å². The van der Waals surface area contributed by atoms with Crippen LogP contribution in [0.15, 0.2) is 41.5 Å². The Morgan fingerprint density at radius 3 is 2.68 bits per heavy atom. The highest BCUT2D eigenvalue weighted by atomic mass is 19.1. The molecule has 0 fully saturated rings. The molecule has 1 aromatic heterocycles. The Hall–Kier alpha value is -2.50. The molecule has 0 unspecified atom stereocenters. The van der Waals surface area contributed by atoms with Crippen molar-refractivity contribution < 1.29 is 9.18 Å². The molecule has 0 saturated heterocycles. The van der Waals surface area contributed by atoms with E-state index >= 15 is 0 Å². The molecule has 0 saturated carbocycles. The third kappa shape index (κ3) is 3.74. The summed E-state index contributed by atoms with van der Waals surface area (Å²) in [5, 5.41) is 2.66. The molecule has 1 aromatic carbocycles. The maximum absolute atomic E-state index is 12.7. The second-order valence-electron chi connectivity index (χ2n) is 3.93. The van der Waals surface area contributed by atoms with Crippen molar-refractivity contribution in [3.63, 3.8) is 0 Å². The number of rotatable bonds is 4. The van der Waals surface area contributed by atoms with Crippen molar-refractivity contribution in [1.82, 2.24) is 15.3 Å². The van der Waals surface area contributed by atoms with Gasteiger partial charge in [-0.3, -0.25) is 9.59 Å². The van der Waals surface area contributed by atoms with Crippen molar-refractivity contribution in [1.29, 1.82) is 0 Å². The van der Waals surface area contributed by atoms with Crippen LogP contribution in [0.1, 0.15) is 16.1 Å². The Labute approximate surface area is 108 Å². The standard InChI is InChI=1S/C13H12FN3O2/c14-10-3-1-9(2-4-10)5-6-15-13(19)11-7-17-12(18)8-16-11/h1-4,7-8H,5-6H2,(H,15,19)(H,17,18). The van der Waals surface area contributed by atoms with Crippen LogP contribution in [0, 0.1) is 5.82 Å². The average Bonchev–Trinajstić information content (AvgIpc) is 2.41. The van der Waals surface area contributed by atoms with Gasteiger partial charge in [-0.1, -0.05) is 12.1 Å². The predicted molar refractivity (Wildman–Crippen MR) is 67.3 cm³/mol. The van der Waals surface area contributed by atoms with E-state index < -0.39 is 0 Å². The fourth-order valence-corrected chi connectivity index (χ4v) is 1.53. The Kier molecular flexibility index (Phi) is 4.02. The summed E-state index contributed by atoms with van der Waals surface area (Å²) >= 11 is 0. The molecule has 2 N–H and O–H groups in total. The largest absolute Gasteiger partial charge is 0.350 e. The summed E-state index contributed by atoms with van der Waals surface area (Å²) in [6.07, 6.45) is 2.90. The molecule has 19 heavy (non-hydrogen) atoms. The van der Waals surface area contributed by atoms with E-state index in [2.05, 4.69) is 15.3 Å². The van der Waals surface area contributed by atoms with Gasteiger partial charge in [0.2, 0.25) is 0 Å². The molecule has 1 heterocycles. The number of hydrogen-bond acceptors (Lipinski definition) is 3. The Bertz CT molecular complexity index is 602. The first-order chi connectivity index (χ1) is 9.15. The second-order valence-corrected chi connectivity index (χ2v) is 3.93. The van der Waals surface area contributed by atoms with E-state index in [1.807, 2.05) is 0 Å². The number of carbonyl (C=O) groups is 1. The number of aromatic nitrogens is 2. The van der Waals surface area contributed by atoms with E-state index in [1.165, 1.54) is 18.3 Å². The third-order valence-corrected chi connectivity index (χ3v) is 2.52. The summed E-state index contributed by atoms with van der Waals surface area (Å²) in [7, 11) is 0. The van der Waals surface area contributed by atoms with E-state index in [9.17, 15) is 14.0 Å². The molecule has 0 spiro atoms. The normalized spacial score (nSPS) is 10.2. The Morgan fingerprint density at radius 1 is 1.32 bits per heavy atom. The van der Waals surface area contributed by atoms with Gasteiger partial charge in [-0.2, -0.15) is 0 Å². The van der Waals surface area contributed by atoms with E-state index in [4.69, 9.17) is 0 Å². The van der Waals surface area contributed by atoms with Gasteiger partial charge >= 0.3 is 0 Å². The summed E-state index contributed by atoms with van der Waals surface area (Å²) in [6.45, 7) is 0.408. The third-order valence-electron chi connectivity index (χ3n) is 2.52. The molecule has 0 aliphatic heterocycles.